The lowest BCUT2D eigenvalue weighted by molar-refractivity contribution is -0.164. The first-order chi connectivity index (χ1) is 3.18. The van der Waals surface area contributed by atoms with Crippen LogP contribution in [0.15, 0.2) is 0 Å². The molecule has 5 nitrogen and oxygen atoms in total. The van der Waals surface area contributed by atoms with Gasteiger partial charge in [-0.1, -0.05) is 0 Å². The van der Waals surface area contributed by atoms with Crippen LogP contribution in [-0.4, -0.2) is 17.0 Å². The number of hydrogen-bond donors (Lipinski definition) is 2. The molecule has 0 aliphatic rings. The van der Waals surface area contributed by atoms with E-state index >= 15 is 0 Å². The summed E-state index contributed by atoms with van der Waals surface area (Å²) in [6.45, 7) is 0. The number of carboxylic acid groups (broad SMARTS) is 1. The third kappa shape index (κ3) is 1.72. The molecular formula is C2H3NO4. The fourth-order valence-corrected chi connectivity index (χ4v) is 0.0504. The number of carbonyl (C=O) groups excluding carboxylic acids is 1. The molecule has 5 heteroatoms. The Morgan fingerprint density at radius 2 is 2.00 bits per heavy atom. The van der Waals surface area contributed by atoms with Gasteiger partial charge in [0.05, 0.1) is 0 Å². The molecule has 0 spiro atoms. The molecule has 0 radical (unpaired) electrons. The van der Waals surface area contributed by atoms with Crippen molar-refractivity contribution >= 4 is 11.9 Å². The highest BCUT2D eigenvalue weighted by atomic mass is 16.7. The van der Waals surface area contributed by atoms with Gasteiger partial charge in [0.25, 0.3) is 0 Å². The van der Waals surface area contributed by atoms with Crippen LogP contribution in [0.1, 0.15) is 0 Å². The van der Waals surface area contributed by atoms with Gasteiger partial charge in [-0.3, -0.25) is 0 Å². The number of nitrogens with two attached hydrogens (primary N) is 1. The maximum absolute atomic E-state index is 9.56. The first-order valence-electron chi connectivity index (χ1n) is 1.32. The van der Waals surface area contributed by atoms with E-state index in [4.69, 9.17) is 5.11 Å². The number of hydrogen-bond acceptors (Lipinski definition) is 4. The van der Waals surface area contributed by atoms with E-state index in [2.05, 4.69) is 10.7 Å². The normalized spacial score (nSPS) is 7.57. The number of aliphatic carboxylic acids is 1. The molecule has 0 atom stereocenters. The Bertz CT molecular complexity index is 97.9. The predicted molar refractivity (Wildman–Crippen MR) is 17.9 cm³/mol. The van der Waals surface area contributed by atoms with Crippen molar-refractivity contribution in [3.63, 3.8) is 0 Å². The van der Waals surface area contributed by atoms with Crippen LogP contribution in [-0.2, 0) is 14.4 Å². The van der Waals surface area contributed by atoms with Crippen LogP contribution in [0.25, 0.3) is 0 Å². The highest BCUT2D eigenvalue weighted by Gasteiger charge is 2.09. The standard InChI is InChI=1S/C2H3NO4/c3-7-2(6)1(4)5/h3H2,(H,4,5). The fraction of sp³-hybridized carbons (Fsp3) is 0. The number of carboxylic acids is 1. The van der Waals surface area contributed by atoms with Gasteiger partial charge < -0.3 is 9.94 Å². The zero-order chi connectivity index (χ0) is 5.86. The van der Waals surface area contributed by atoms with E-state index in [0.29, 0.717) is 0 Å². The molecule has 0 aromatic carbocycles. The Morgan fingerprint density at radius 1 is 1.57 bits per heavy atom. The predicted octanol–water partition coefficient (Wildman–Crippen LogP) is -1.51. The molecule has 0 aromatic rings. The van der Waals surface area contributed by atoms with Crippen LogP contribution >= 0.6 is 0 Å². The van der Waals surface area contributed by atoms with Crippen molar-refractivity contribution < 1.29 is 19.5 Å². The summed E-state index contributed by atoms with van der Waals surface area (Å²) in [6.07, 6.45) is 0. The number of rotatable bonds is 0. The minimum Gasteiger partial charge on any atom is -0.473 e. The summed E-state index contributed by atoms with van der Waals surface area (Å²) in [5.74, 6) is 0.992. The minimum atomic E-state index is -1.69. The van der Waals surface area contributed by atoms with E-state index in [0.717, 1.165) is 0 Å². The van der Waals surface area contributed by atoms with E-state index in [1.165, 1.54) is 0 Å². The maximum Gasteiger partial charge on any atom is 0.435 e. The van der Waals surface area contributed by atoms with E-state index in [-0.39, 0.29) is 0 Å². The highest BCUT2D eigenvalue weighted by Crippen LogP contribution is 1.64. The molecule has 0 saturated heterocycles. The van der Waals surface area contributed by atoms with E-state index in [1.54, 1.807) is 0 Å². The Balaban J connectivity index is 3.58. The van der Waals surface area contributed by atoms with Gasteiger partial charge in [0.1, 0.15) is 0 Å². The summed E-state index contributed by atoms with van der Waals surface area (Å²) in [5.41, 5.74) is 0. The summed E-state index contributed by atoms with van der Waals surface area (Å²) in [6, 6.07) is 0. The van der Waals surface area contributed by atoms with Crippen LogP contribution in [0, 0.1) is 0 Å². The van der Waals surface area contributed by atoms with Gasteiger partial charge in [-0.25, -0.2) is 9.59 Å². The summed E-state index contributed by atoms with van der Waals surface area (Å²) in [7, 11) is 0. The van der Waals surface area contributed by atoms with Crippen LogP contribution < -0.4 is 5.90 Å². The Morgan fingerprint density at radius 3 is 2.00 bits per heavy atom. The van der Waals surface area contributed by atoms with Crippen molar-refractivity contribution in [3.05, 3.63) is 0 Å². The summed E-state index contributed by atoms with van der Waals surface area (Å²) < 4.78 is 0. The first kappa shape index (κ1) is 5.90. The molecule has 0 amide bonds. The van der Waals surface area contributed by atoms with Gasteiger partial charge in [0.2, 0.25) is 0 Å². The molecule has 0 aromatic heterocycles. The smallest absolute Gasteiger partial charge is 0.435 e. The van der Waals surface area contributed by atoms with Crippen molar-refractivity contribution in [1.82, 2.24) is 0 Å². The zero-order valence-electron chi connectivity index (χ0n) is 3.25. The monoisotopic (exact) mass is 105 g/mol. The Kier molecular flexibility index (Phi) is 1.80. The second-order valence-electron chi connectivity index (χ2n) is 0.710. The second-order valence-corrected chi connectivity index (χ2v) is 0.710. The summed E-state index contributed by atoms with van der Waals surface area (Å²) in [5, 5.41) is 7.63. The molecule has 40 valence electrons. The number of carbonyl (C=O) groups is 2. The average molecular weight is 105 g/mol. The average Bonchev–Trinajstić information content (AvgIpc) is 1.65. The lowest BCUT2D eigenvalue weighted by atomic mass is 10.7. The van der Waals surface area contributed by atoms with Crippen molar-refractivity contribution in [2.24, 2.45) is 5.90 Å². The maximum atomic E-state index is 9.56. The third-order valence-corrected chi connectivity index (χ3v) is 0.282. The topological polar surface area (TPSA) is 89.6 Å². The van der Waals surface area contributed by atoms with Gasteiger partial charge >= 0.3 is 11.9 Å². The van der Waals surface area contributed by atoms with Crippen molar-refractivity contribution in [3.8, 4) is 0 Å². The molecule has 0 bridgehead atoms. The zero-order valence-corrected chi connectivity index (χ0v) is 3.25. The molecule has 7 heavy (non-hydrogen) atoms. The Hall–Kier alpha value is -1.10. The Labute approximate surface area is 38.6 Å². The largest absolute Gasteiger partial charge is 0.473 e. The van der Waals surface area contributed by atoms with Gasteiger partial charge in [0, 0.05) is 0 Å². The van der Waals surface area contributed by atoms with E-state index in [1.807, 2.05) is 0 Å². The van der Waals surface area contributed by atoms with Crippen LogP contribution in [0.4, 0.5) is 0 Å². The molecule has 0 rings (SSSR count). The summed E-state index contributed by atoms with van der Waals surface area (Å²) >= 11 is 0. The van der Waals surface area contributed by atoms with Crippen molar-refractivity contribution in [2.45, 2.75) is 0 Å². The molecule has 0 unspecified atom stereocenters. The SMILES string of the molecule is NOC(=O)C(=O)O. The molecule has 0 fully saturated rings. The van der Waals surface area contributed by atoms with E-state index < -0.39 is 11.9 Å². The molecule has 0 saturated carbocycles. The fourth-order valence-electron chi connectivity index (χ4n) is 0.0504. The van der Waals surface area contributed by atoms with Gasteiger partial charge in [0.15, 0.2) is 0 Å². The highest BCUT2D eigenvalue weighted by molar-refractivity contribution is 6.28. The third-order valence-electron chi connectivity index (χ3n) is 0.282. The first-order valence-corrected chi connectivity index (χ1v) is 1.32. The molecular weight excluding hydrogens is 102 g/mol. The van der Waals surface area contributed by atoms with Crippen LogP contribution in [0.5, 0.6) is 0 Å². The molecule has 3 N–H and O–H groups in total. The molecule has 0 aliphatic heterocycles. The van der Waals surface area contributed by atoms with Crippen LogP contribution in [0.3, 0.4) is 0 Å². The van der Waals surface area contributed by atoms with Gasteiger partial charge in [-0.05, 0) is 0 Å². The van der Waals surface area contributed by atoms with Gasteiger partial charge in [-0.2, -0.15) is 5.90 Å². The quantitative estimate of drug-likeness (QED) is 0.288. The molecule has 0 heterocycles. The van der Waals surface area contributed by atoms with Gasteiger partial charge in [-0.15, -0.1) is 0 Å². The second kappa shape index (κ2) is 2.14. The lowest BCUT2D eigenvalue weighted by Gasteiger charge is -1.84. The van der Waals surface area contributed by atoms with Crippen LogP contribution in [0.2, 0.25) is 0 Å². The lowest BCUT2D eigenvalue weighted by Crippen LogP contribution is -2.19. The molecule has 0 aliphatic carbocycles. The summed E-state index contributed by atoms with van der Waals surface area (Å²) in [4.78, 5) is 22.2. The van der Waals surface area contributed by atoms with E-state index in [9.17, 15) is 9.59 Å². The van der Waals surface area contributed by atoms with Crippen molar-refractivity contribution in [2.75, 3.05) is 0 Å². The van der Waals surface area contributed by atoms with Crippen molar-refractivity contribution in [1.29, 1.82) is 0 Å². The minimum absolute atomic E-state index is 1.46.